The van der Waals surface area contributed by atoms with Crippen LogP contribution in [0.25, 0.3) is 0 Å². The predicted octanol–water partition coefficient (Wildman–Crippen LogP) is 2.96. The molecule has 2 aliphatic rings. The number of esters is 1. The van der Waals surface area contributed by atoms with Gasteiger partial charge in [0.2, 0.25) is 0 Å². The summed E-state index contributed by atoms with van der Waals surface area (Å²) >= 11 is 0. The minimum Gasteiger partial charge on any atom is -0.490 e. The van der Waals surface area contributed by atoms with Crippen LogP contribution in [0.15, 0.2) is 36.4 Å². The van der Waals surface area contributed by atoms with Crippen LogP contribution in [-0.2, 0) is 11.2 Å². The predicted molar refractivity (Wildman–Crippen MR) is 108 cm³/mol. The van der Waals surface area contributed by atoms with Crippen molar-refractivity contribution in [2.45, 2.75) is 31.0 Å². The number of rotatable bonds is 6. The number of piperidine rings is 1. The third-order valence-electron chi connectivity index (χ3n) is 5.88. The summed E-state index contributed by atoms with van der Waals surface area (Å²) in [7, 11) is 1.23. The zero-order valence-electron chi connectivity index (χ0n) is 17.3. The molecule has 1 spiro atoms. The Balaban J connectivity index is 1.28. The molecule has 2 heterocycles. The van der Waals surface area contributed by atoms with E-state index in [1.807, 2.05) is 0 Å². The van der Waals surface area contributed by atoms with Crippen molar-refractivity contribution in [3.8, 4) is 11.5 Å². The second-order valence-corrected chi connectivity index (χ2v) is 8.11. The molecule has 8 heteroatoms. The second kappa shape index (κ2) is 8.80. The lowest BCUT2D eigenvalue weighted by atomic mass is 9.87. The summed E-state index contributed by atoms with van der Waals surface area (Å²) in [6.07, 6.45) is 1.41. The number of likely N-dealkylation sites (tertiary alicyclic amines) is 1. The van der Waals surface area contributed by atoms with Crippen molar-refractivity contribution < 1.29 is 32.9 Å². The highest BCUT2D eigenvalue weighted by atomic mass is 19.1. The molecule has 0 aromatic heterocycles. The fourth-order valence-corrected chi connectivity index (χ4v) is 4.26. The van der Waals surface area contributed by atoms with Gasteiger partial charge in [-0.15, -0.1) is 0 Å². The van der Waals surface area contributed by atoms with E-state index in [0.29, 0.717) is 13.0 Å². The number of fused-ring (bicyclic) bond motifs is 1. The lowest BCUT2D eigenvalue weighted by Gasteiger charge is -2.39. The highest BCUT2D eigenvalue weighted by Gasteiger charge is 2.42. The Morgan fingerprint density at radius 1 is 1.19 bits per heavy atom. The minimum absolute atomic E-state index is 0.0350. The minimum atomic E-state index is -0.821. The number of carbonyl (C=O) groups is 1. The van der Waals surface area contributed by atoms with Gasteiger partial charge in [0.05, 0.1) is 7.11 Å². The molecule has 0 amide bonds. The standard InChI is InChI=1S/C23H25F2NO5/c1-29-22(28)19-4-2-17(25)11-21(19)30-14-18(27)13-26-8-6-23(7-9-26)12-15-10-16(24)3-5-20(15)31-23/h2-5,10-11,18,27H,6-9,12-14H2,1H3/t18-/m0/s1. The van der Waals surface area contributed by atoms with Crippen molar-refractivity contribution >= 4 is 5.97 Å². The molecule has 31 heavy (non-hydrogen) atoms. The van der Waals surface area contributed by atoms with E-state index < -0.39 is 17.9 Å². The van der Waals surface area contributed by atoms with Gasteiger partial charge in [-0.3, -0.25) is 0 Å². The smallest absolute Gasteiger partial charge is 0.341 e. The van der Waals surface area contributed by atoms with Crippen LogP contribution in [0.5, 0.6) is 11.5 Å². The van der Waals surface area contributed by atoms with Crippen LogP contribution >= 0.6 is 0 Å². The van der Waals surface area contributed by atoms with Gasteiger partial charge in [0.1, 0.15) is 47.0 Å². The summed E-state index contributed by atoms with van der Waals surface area (Å²) < 4.78 is 43.4. The van der Waals surface area contributed by atoms with Gasteiger partial charge >= 0.3 is 5.97 Å². The van der Waals surface area contributed by atoms with E-state index in [1.54, 1.807) is 6.07 Å². The summed E-state index contributed by atoms with van der Waals surface area (Å²) in [5.41, 5.74) is 0.689. The van der Waals surface area contributed by atoms with Crippen LogP contribution in [0.2, 0.25) is 0 Å². The van der Waals surface area contributed by atoms with Gasteiger partial charge in [-0.2, -0.15) is 0 Å². The number of aliphatic hydroxyl groups excluding tert-OH is 1. The van der Waals surface area contributed by atoms with Gasteiger partial charge in [0.15, 0.2) is 0 Å². The topological polar surface area (TPSA) is 68.2 Å². The lowest BCUT2D eigenvalue weighted by molar-refractivity contribution is -0.00206. The van der Waals surface area contributed by atoms with E-state index in [-0.39, 0.29) is 29.3 Å². The Morgan fingerprint density at radius 2 is 1.90 bits per heavy atom. The molecule has 2 aromatic carbocycles. The number of methoxy groups -OCH3 is 1. The molecule has 0 bridgehead atoms. The third-order valence-corrected chi connectivity index (χ3v) is 5.88. The number of hydrogen-bond acceptors (Lipinski definition) is 6. The number of benzene rings is 2. The van der Waals surface area contributed by atoms with Gasteiger partial charge in [0.25, 0.3) is 0 Å². The monoisotopic (exact) mass is 433 g/mol. The average Bonchev–Trinajstić information content (AvgIpc) is 3.10. The maximum Gasteiger partial charge on any atom is 0.341 e. The van der Waals surface area contributed by atoms with Gasteiger partial charge in [0, 0.05) is 50.5 Å². The first-order valence-corrected chi connectivity index (χ1v) is 10.3. The summed E-state index contributed by atoms with van der Waals surface area (Å²) in [5.74, 6) is -0.652. The maximum atomic E-state index is 13.5. The van der Waals surface area contributed by atoms with Crippen molar-refractivity contribution in [2.24, 2.45) is 0 Å². The molecule has 2 aliphatic heterocycles. The van der Waals surface area contributed by atoms with Gasteiger partial charge in [-0.25, -0.2) is 13.6 Å². The highest BCUT2D eigenvalue weighted by molar-refractivity contribution is 5.92. The number of aliphatic hydroxyl groups is 1. The Hall–Kier alpha value is -2.71. The van der Waals surface area contributed by atoms with E-state index >= 15 is 0 Å². The average molecular weight is 433 g/mol. The Bertz CT molecular complexity index is 959. The van der Waals surface area contributed by atoms with Crippen LogP contribution in [0.1, 0.15) is 28.8 Å². The number of nitrogens with zero attached hydrogens (tertiary/aromatic N) is 1. The van der Waals surface area contributed by atoms with E-state index in [1.165, 1.54) is 25.3 Å². The number of hydrogen-bond donors (Lipinski definition) is 1. The summed E-state index contributed by atoms with van der Waals surface area (Å²) in [5, 5.41) is 10.4. The van der Waals surface area contributed by atoms with Crippen molar-refractivity contribution in [3.05, 3.63) is 59.2 Å². The SMILES string of the molecule is COC(=O)c1ccc(F)cc1OC[C@@H](O)CN1CCC2(CC1)Cc1cc(F)ccc1O2. The molecule has 1 fully saturated rings. The number of carbonyl (C=O) groups excluding carboxylic acids is 1. The van der Waals surface area contributed by atoms with Crippen LogP contribution in [0, 0.1) is 11.6 Å². The molecule has 0 radical (unpaired) electrons. The Kier molecular flexibility index (Phi) is 6.11. The Morgan fingerprint density at radius 3 is 2.65 bits per heavy atom. The number of β-amino-alcohol motifs (C(OH)–C–C–N with tert-alkyl or cyclic N) is 1. The van der Waals surface area contributed by atoms with Gasteiger partial charge in [-0.1, -0.05) is 0 Å². The van der Waals surface area contributed by atoms with Crippen LogP contribution < -0.4 is 9.47 Å². The molecule has 0 saturated carbocycles. The second-order valence-electron chi connectivity index (χ2n) is 8.11. The molecule has 1 N–H and O–H groups in total. The molecular weight excluding hydrogens is 408 g/mol. The van der Waals surface area contributed by atoms with Gasteiger partial charge in [-0.05, 0) is 30.3 Å². The fraction of sp³-hybridized carbons (Fsp3) is 0.435. The molecule has 1 atom stereocenters. The van der Waals surface area contributed by atoms with Crippen LogP contribution in [0.4, 0.5) is 8.78 Å². The number of halogens is 2. The molecule has 166 valence electrons. The van der Waals surface area contributed by atoms with Crippen molar-refractivity contribution in [1.82, 2.24) is 4.90 Å². The quantitative estimate of drug-likeness (QED) is 0.707. The van der Waals surface area contributed by atoms with Crippen molar-refractivity contribution in [3.63, 3.8) is 0 Å². The first kappa shape index (κ1) is 21.5. The molecule has 6 nitrogen and oxygen atoms in total. The van der Waals surface area contributed by atoms with Gasteiger partial charge < -0.3 is 24.2 Å². The van der Waals surface area contributed by atoms with Crippen LogP contribution in [-0.4, -0.2) is 61.0 Å². The summed E-state index contributed by atoms with van der Waals surface area (Å²) in [4.78, 5) is 13.9. The molecular formula is C23H25F2NO5. The summed E-state index contributed by atoms with van der Waals surface area (Å²) in [6, 6.07) is 8.17. The first-order chi connectivity index (χ1) is 14.9. The maximum absolute atomic E-state index is 13.5. The normalized spacial score (nSPS) is 18.3. The van der Waals surface area contributed by atoms with Crippen molar-refractivity contribution in [2.75, 3.05) is 33.4 Å². The van der Waals surface area contributed by atoms with E-state index in [2.05, 4.69) is 9.64 Å². The zero-order chi connectivity index (χ0) is 22.0. The lowest BCUT2D eigenvalue weighted by Crippen LogP contribution is -2.49. The van der Waals surface area contributed by atoms with Crippen LogP contribution in [0.3, 0.4) is 0 Å². The van der Waals surface area contributed by atoms with E-state index in [4.69, 9.17) is 9.47 Å². The Labute approximate surface area is 179 Å². The number of ether oxygens (including phenoxy) is 3. The molecule has 4 rings (SSSR count). The molecule has 0 unspecified atom stereocenters. The molecule has 2 aromatic rings. The fourth-order valence-electron chi connectivity index (χ4n) is 4.26. The molecule has 1 saturated heterocycles. The first-order valence-electron chi connectivity index (χ1n) is 10.3. The van der Waals surface area contributed by atoms with Crippen molar-refractivity contribution in [1.29, 1.82) is 0 Å². The third kappa shape index (κ3) is 4.80. The summed E-state index contributed by atoms with van der Waals surface area (Å²) in [6.45, 7) is 1.73. The van der Waals surface area contributed by atoms with E-state index in [0.717, 1.165) is 49.4 Å². The van der Waals surface area contributed by atoms with E-state index in [9.17, 15) is 18.7 Å². The zero-order valence-corrected chi connectivity index (χ0v) is 17.3. The highest BCUT2D eigenvalue weighted by Crippen LogP contribution is 2.41. The largest absolute Gasteiger partial charge is 0.490 e. The molecule has 0 aliphatic carbocycles.